The quantitative estimate of drug-likeness (QED) is 0.364. The number of carbonyl (C=O) groups excluding carboxylic acids is 1. The van der Waals surface area contributed by atoms with E-state index < -0.39 is 0 Å². The molecular weight excluding hydrogens is 471 g/mol. The van der Waals surface area contributed by atoms with Gasteiger partial charge in [-0.1, -0.05) is 19.4 Å². The molecule has 2 aliphatic heterocycles. The summed E-state index contributed by atoms with van der Waals surface area (Å²) in [5.41, 5.74) is 4.73. The third kappa shape index (κ3) is 5.72. The Bertz CT molecular complexity index is 1270. The van der Waals surface area contributed by atoms with Gasteiger partial charge in [0, 0.05) is 43.2 Å². The fourth-order valence-electron chi connectivity index (χ4n) is 5.16. The molecule has 1 amide bonds. The van der Waals surface area contributed by atoms with E-state index in [-0.39, 0.29) is 24.2 Å². The summed E-state index contributed by atoms with van der Waals surface area (Å²) in [6.07, 6.45) is 4.40. The lowest BCUT2D eigenvalue weighted by Gasteiger charge is -2.33. The van der Waals surface area contributed by atoms with Gasteiger partial charge in [-0.3, -0.25) is 4.79 Å². The van der Waals surface area contributed by atoms with Crippen LogP contribution in [0.4, 0.5) is 4.39 Å². The number of hydrogen-bond donors (Lipinski definition) is 0. The monoisotopic (exact) mass is 506 g/mol. The molecule has 1 aromatic heterocycles. The summed E-state index contributed by atoms with van der Waals surface area (Å²) in [6, 6.07) is 10.7. The molecule has 0 atom stereocenters. The first-order valence-corrected chi connectivity index (χ1v) is 13.4. The van der Waals surface area contributed by atoms with Crippen molar-refractivity contribution in [2.75, 3.05) is 26.4 Å². The molecule has 1 saturated heterocycles. The topological polar surface area (TPSA) is 60.9 Å². The van der Waals surface area contributed by atoms with Gasteiger partial charge in [-0.15, -0.1) is 0 Å². The van der Waals surface area contributed by atoms with Crippen LogP contribution >= 0.6 is 0 Å². The molecule has 0 aliphatic carbocycles. The van der Waals surface area contributed by atoms with Crippen LogP contribution in [0.15, 0.2) is 36.4 Å². The summed E-state index contributed by atoms with van der Waals surface area (Å²) >= 11 is 0. The molecule has 2 aromatic carbocycles. The number of hydrogen-bond acceptors (Lipinski definition) is 5. The molecular formula is C30H35FN2O4. The Hall–Kier alpha value is -3.19. The molecule has 0 saturated carbocycles. The number of rotatable bonds is 8. The number of amides is 1. The number of unbranched alkanes of at least 4 members (excludes halogenated alkanes) is 1. The molecule has 2 aliphatic rings. The van der Waals surface area contributed by atoms with E-state index in [1.165, 1.54) is 23.3 Å². The van der Waals surface area contributed by atoms with Crippen molar-refractivity contribution in [3.63, 3.8) is 0 Å². The summed E-state index contributed by atoms with van der Waals surface area (Å²) in [6.45, 7) is 7.66. The van der Waals surface area contributed by atoms with Crippen LogP contribution in [0, 0.1) is 18.7 Å². The summed E-state index contributed by atoms with van der Waals surface area (Å²) in [5, 5.41) is 0.686. The maximum atomic E-state index is 14.0. The lowest BCUT2D eigenvalue weighted by Crippen LogP contribution is -2.41. The number of nitrogens with zero attached hydrogens (tertiary/aromatic N) is 2. The van der Waals surface area contributed by atoms with Crippen molar-refractivity contribution in [3.05, 3.63) is 64.6 Å². The van der Waals surface area contributed by atoms with Crippen LogP contribution in [0.25, 0.3) is 10.9 Å². The highest BCUT2D eigenvalue weighted by molar-refractivity contribution is 5.86. The maximum Gasteiger partial charge on any atom is 0.226 e. The molecule has 0 unspecified atom stereocenters. The fourth-order valence-corrected chi connectivity index (χ4v) is 5.16. The molecule has 1 fully saturated rings. The first-order chi connectivity index (χ1) is 18.0. The van der Waals surface area contributed by atoms with E-state index in [1.54, 1.807) is 6.07 Å². The average Bonchev–Trinajstić information content (AvgIpc) is 2.93. The lowest BCUT2D eigenvalue weighted by atomic mass is 9.95. The second-order valence-corrected chi connectivity index (χ2v) is 9.99. The second kappa shape index (κ2) is 11.5. The predicted molar refractivity (Wildman–Crippen MR) is 140 cm³/mol. The Balaban J connectivity index is 1.29. The molecule has 37 heavy (non-hydrogen) atoms. The average molecular weight is 507 g/mol. The van der Waals surface area contributed by atoms with Crippen molar-refractivity contribution in [3.8, 4) is 11.5 Å². The second-order valence-electron chi connectivity index (χ2n) is 9.99. The SMILES string of the molecule is CCCCOc1c(C)c(COc2ccc3c(c2)CCN(C(=O)C2CCOCC2)C3)nc2ccc(F)cc12. The first-order valence-electron chi connectivity index (χ1n) is 13.4. The molecule has 196 valence electrons. The molecule has 3 heterocycles. The Morgan fingerprint density at radius 1 is 1.14 bits per heavy atom. The largest absolute Gasteiger partial charge is 0.493 e. The van der Waals surface area contributed by atoms with Gasteiger partial charge in [-0.05, 0) is 74.1 Å². The van der Waals surface area contributed by atoms with E-state index in [9.17, 15) is 9.18 Å². The number of carbonyl (C=O) groups is 1. The summed E-state index contributed by atoms with van der Waals surface area (Å²) in [7, 11) is 0. The number of ether oxygens (including phenoxy) is 3. The van der Waals surface area contributed by atoms with E-state index in [1.807, 2.05) is 17.9 Å². The normalized spacial score (nSPS) is 16.0. The van der Waals surface area contributed by atoms with Gasteiger partial charge in [0.1, 0.15) is 23.9 Å². The van der Waals surface area contributed by atoms with Crippen LogP contribution in [0.1, 0.15) is 55.0 Å². The smallest absolute Gasteiger partial charge is 0.226 e. The third-order valence-electron chi connectivity index (χ3n) is 7.42. The standard InChI is InChI=1S/C30H35FN2O4/c1-3-4-13-36-29-20(2)28(32-27-8-6-24(31)17-26(27)29)19-37-25-7-5-23-18-33(12-9-22(23)16-25)30(34)21-10-14-35-15-11-21/h5-8,16-17,21H,3-4,9-15,18-19H2,1-2H3. The molecule has 3 aromatic rings. The number of fused-ring (bicyclic) bond motifs is 2. The summed E-state index contributed by atoms with van der Waals surface area (Å²) < 4.78 is 31.6. The van der Waals surface area contributed by atoms with Gasteiger partial charge in [0.05, 0.1) is 17.8 Å². The molecule has 0 radical (unpaired) electrons. The van der Waals surface area contributed by atoms with Crippen molar-refractivity contribution in [1.82, 2.24) is 9.88 Å². The van der Waals surface area contributed by atoms with E-state index in [4.69, 9.17) is 19.2 Å². The predicted octanol–water partition coefficient (Wildman–Crippen LogP) is 5.75. The van der Waals surface area contributed by atoms with Gasteiger partial charge in [0.25, 0.3) is 0 Å². The minimum atomic E-state index is -0.305. The molecule has 0 bridgehead atoms. The highest BCUT2D eigenvalue weighted by Gasteiger charge is 2.28. The van der Waals surface area contributed by atoms with Crippen LogP contribution < -0.4 is 9.47 Å². The van der Waals surface area contributed by atoms with Crippen LogP contribution in [-0.2, 0) is 29.1 Å². The van der Waals surface area contributed by atoms with Crippen LogP contribution in [0.3, 0.4) is 0 Å². The van der Waals surface area contributed by atoms with Crippen molar-refractivity contribution in [2.45, 2.75) is 59.1 Å². The van der Waals surface area contributed by atoms with Gasteiger partial charge in [0.2, 0.25) is 5.91 Å². The van der Waals surface area contributed by atoms with Gasteiger partial charge >= 0.3 is 0 Å². The molecule has 6 nitrogen and oxygen atoms in total. The number of benzene rings is 2. The van der Waals surface area contributed by atoms with Gasteiger partial charge in [-0.2, -0.15) is 0 Å². The van der Waals surface area contributed by atoms with Crippen LogP contribution in [0.5, 0.6) is 11.5 Å². The lowest BCUT2D eigenvalue weighted by molar-refractivity contribution is -0.139. The summed E-state index contributed by atoms with van der Waals surface area (Å²) in [4.78, 5) is 19.7. The molecule has 7 heteroatoms. The van der Waals surface area contributed by atoms with Crippen molar-refractivity contribution < 1.29 is 23.4 Å². The van der Waals surface area contributed by atoms with Crippen molar-refractivity contribution >= 4 is 16.8 Å². The van der Waals surface area contributed by atoms with Crippen LogP contribution in [0.2, 0.25) is 0 Å². The zero-order chi connectivity index (χ0) is 25.8. The zero-order valence-electron chi connectivity index (χ0n) is 21.7. The fraction of sp³-hybridized carbons (Fsp3) is 0.467. The third-order valence-corrected chi connectivity index (χ3v) is 7.42. The van der Waals surface area contributed by atoms with Gasteiger partial charge in [-0.25, -0.2) is 9.37 Å². The van der Waals surface area contributed by atoms with E-state index in [2.05, 4.69) is 19.1 Å². The Labute approximate surface area is 217 Å². The molecule has 5 rings (SSSR count). The van der Waals surface area contributed by atoms with E-state index in [0.29, 0.717) is 43.0 Å². The van der Waals surface area contributed by atoms with Crippen molar-refractivity contribution in [1.29, 1.82) is 0 Å². The Morgan fingerprint density at radius 3 is 2.78 bits per heavy atom. The number of aromatic nitrogens is 1. The summed E-state index contributed by atoms with van der Waals surface area (Å²) in [5.74, 6) is 1.49. The van der Waals surface area contributed by atoms with E-state index >= 15 is 0 Å². The first kappa shape index (κ1) is 25.5. The van der Waals surface area contributed by atoms with Gasteiger partial charge < -0.3 is 19.1 Å². The maximum absolute atomic E-state index is 14.0. The minimum Gasteiger partial charge on any atom is -0.493 e. The molecule has 0 spiro atoms. The van der Waals surface area contributed by atoms with Crippen molar-refractivity contribution in [2.24, 2.45) is 5.92 Å². The minimum absolute atomic E-state index is 0.0861. The number of pyridine rings is 1. The van der Waals surface area contributed by atoms with Gasteiger partial charge in [0.15, 0.2) is 0 Å². The van der Waals surface area contributed by atoms with E-state index in [0.717, 1.165) is 55.7 Å². The zero-order valence-corrected chi connectivity index (χ0v) is 21.7. The Kier molecular flexibility index (Phi) is 7.89. The highest BCUT2D eigenvalue weighted by atomic mass is 19.1. The number of halogens is 1. The Morgan fingerprint density at radius 2 is 1.97 bits per heavy atom. The van der Waals surface area contributed by atoms with Crippen LogP contribution in [-0.4, -0.2) is 42.2 Å². The highest BCUT2D eigenvalue weighted by Crippen LogP contribution is 2.32. The molecule has 0 N–H and O–H groups in total.